The second-order valence-electron chi connectivity index (χ2n) is 3.72. The van der Waals surface area contributed by atoms with Crippen molar-refractivity contribution in [2.75, 3.05) is 18.8 Å². The molecule has 0 spiro atoms. The molecule has 4 nitrogen and oxygen atoms in total. The number of nitrogens with zero attached hydrogens (tertiary/aromatic N) is 4. The fourth-order valence-corrected chi connectivity index (χ4v) is 2.37. The van der Waals surface area contributed by atoms with Gasteiger partial charge in [0.05, 0.1) is 6.04 Å². The molecule has 0 N–H and O–H groups in total. The van der Waals surface area contributed by atoms with Crippen LogP contribution in [0.25, 0.3) is 0 Å². The van der Waals surface area contributed by atoms with E-state index in [1.807, 2.05) is 11.6 Å². The lowest BCUT2D eigenvalue weighted by Gasteiger charge is -2.22. The molecule has 2 heterocycles. The summed E-state index contributed by atoms with van der Waals surface area (Å²) < 4.78 is 2.02. The number of hydrogen-bond donors (Lipinski definition) is 1. The monoisotopic (exact) mass is 212 g/mol. The SMILES string of the molecule is Cn1cnnc1C1CCCN1CCS. The topological polar surface area (TPSA) is 34.0 Å². The zero-order valence-corrected chi connectivity index (χ0v) is 9.32. The van der Waals surface area contributed by atoms with E-state index >= 15 is 0 Å². The summed E-state index contributed by atoms with van der Waals surface area (Å²) in [6.07, 6.45) is 4.22. The van der Waals surface area contributed by atoms with Gasteiger partial charge < -0.3 is 4.57 Å². The second kappa shape index (κ2) is 4.31. The average molecular weight is 212 g/mol. The Balaban J connectivity index is 2.13. The summed E-state index contributed by atoms with van der Waals surface area (Å²) >= 11 is 4.28. The van der Waals surface area contributed by atoms with E-state index in [-0.39, 0.29) is 0 Å². The normalized spacial score (nSPS) is 23.1. The standard InChI is InChI=1S/C9H16N4S/c1-12-7-10-11-9(12)8-3-2-4-13(8)5-6-14/h7-8,14H,2-6H2,1H3. The van der Waals surface area contributed by atoms with Crippen LogP contribution in [0, 0.1) is 0 Å². The van der Waals surface area contributed by atoms with Gasteiger partial charge in [0.25, 0.3) is 0 Å². The highest BCUT2D eigenvalue weighted by Gasteiger charge is 2.28. The van der Waals surface area contributed by atoms with E-state index in [9.17, 15) is 0 Å². The van der Waals surface area contributed by atoms with Crippen molar-refractivity contribution in [3.05, 3.63) is 12.2 Å². The van der Waals surface area contributed by atoms with Crippen molar-refractivity contribution in [3.8, 4) is 0 Å². The van der Waals surface area contributed by atoms with Crippen molar-refractivity contribution in [2.24, 2.45) is 7.05 Å². The lowest BCUT2D eigenvalue weighted by molar-refractivity contribution is 0.260. The van der Waals surface area contributed by atoms with Gasteiger partial charge in [0.2, 0.25) is 0 Å². The van der Waals surface area contributed by atoms with E-state index in [4.69, 9.17) is 0 Å². The van der Waals surface area contributed by atoms with E-state index in [2.05, 4.69) is 27.7 Å². The molecule has 1 aromatic rings. The third kappa shape index (κ3) is 1.79. The summed E-state index contributed by atoms with van der Waals surface area (Å²) in [5, 5.41) is 8.10. The molecule has 0 radical (unpaired) electrons. The minimum absolute atomic E-state index is 0.453. The third-order valence-electron chi connectivity index (χ3n) is 2.80. The molecule has 5 heteroatoms. The highest BCUT2D eigenvalue weighted by molar-refractivity contribution is 7.80. The summed E-state index contributed by atoms with van der Waals surface area (Å²) in [6, 6.07) is 0.453. The zero-order chi connectivity index (χ0) is 9.97. The van der Waals surface area contributed by atoms with Crippen LogP contribution in [0.5, 0.6) is 0 Å². The largest absolute Gasteiger partial charge is 0.319 e. The minimum Gasteiger partial charge on any atom is -0.319 e. The van der Waals surface area contributed by atoms with Crippen LogP contribution in [0.2, 0.25) is 0 Å². The lowest BCUT2D eigenvalue weighted by Crippen LogP contribution is -2.27. The minimum atomic E-state index is 0.453. The molecule has 1 aromatic heterocycles. The van der Waals surface area contributed by atoms with Crippen molar-refractivity contribution < 1.29 is 0 Å². The van der Waals surface area contributed by atoms with E-state index in [1.165, 1.54) is 12.8 Å². The molecule has 2 rings (SSSR count). The molecular formula is C9H16N4S. The number of aromatic nitrogens is 3. The van der Waals surface area contributed by atoms with Crippen molar-refractivity contribution in [3.63, 3.8) is 0 Å². The van der Waals surface area contributed by atoms with Crippen molar-refractivity contribution >= 4 is 12.6 Å². The first-order valence-corrected chi connectivity index (χ1v) is 5.65. The van der Waals surface area contributed by atoms with E-state index in [1.54, 1.807) is 6.33 Å². The van der Waals surface area contributed by atoms with Gasteiger partial charge in [-0.25, -0.2) is 0 Å². The Morgan fingerprint density at radius 3 is 3.14 bits per heavy atom. The molecule has 0 amide bonds. The molecule has 78 valence electrons. The summed E-state index contributed by atoms with van der Waals surface area (Å²) in [4.78, 5) is 2.44. The molecule has 1 aliphatic heterocycles. The zero-order valence-electron chi connectivity index (χ0n) is 8.43. The van der Waals surface area contributed by atoms with Crippen LogP contribution in [0.4, 0.5) is 0 Å². The van der Waals surface area contributed by atoms with E-state index < -0.39 is 0 Å². The maximum atomic E-state index is 4.28. The molecule has 1 saturated heterocycles. The number of hydrogen-bond acceptors (Lipinski definition) is 4. The first-order valence-electron chi connectivity index (χ1n) is 5.01. The summed E-state index contributed by atoms with van der Waals surface area (Å²) in [7, 11) is 2.01. The molecule has 1 fully saturated rings. The van der Waals surface area contributed by atoms with Gasteiger partial charge in [0.1, 0.15) is 12.2 Å². The average Bonchev–Trinajstić information content (AvgIpc) is 2.74. The Hall–Kier alpha value is -0.550. The quantitative estimate of drug-likeness (QED) is 0.755. The van der Waals surface area contributed by atoms with Gasteiger partial charge in [0, 0.05) is 19.3 Å². The van der Waals surface area contributed by atoms with Crippen molar-refractivity contribution in [2.45, 2.75) is 18.9 Å². The maximum absolute atomic E-state index is 4.28. The van der Waals surface area contributed by atoms with Crippen LogP contribution in [0.15, 0.2) is 6.33 Å². The predicted molar refractivity (Wildman–Crippen MR) is 58.4 cm³/mol. The summed E-state index contributed by atoms with van der Waals surface area (Å²) in [6.45, 7) is 2.21. The molecule has 1 unspecified atom stereocenters. The molecular weight excluding hydrogens is 196 g/mol. The van der Waals surface area contributed by atoms with Gasteiger partial charge in [0.15, 0.2) is 0 Å². The summed E-state index contributed by atoms with van der Waals surface area (Å²) in [5.74, 6) is 2.00. The molecule has 0 aromatic carbocycles. The molecule has 14 heavy (non-hydrogen) atoms. The van der Waals surface area contributed by atoms with Crippen LogP contribution >= 0.6 is 12.6 Å². The van der Waals surface area contributed by atoms with Crippen LogP contribution < -0.4 is 0 Å². The number of rotatable bonds is 3. The Morgan fingerprint density at radius 1 is 1.64 bits per heavy atom. The van der Waals surface area contributed by atoms with Gasteiger partial charge in [-0.15, -0.1) is 10.2 Å². The fraction of sp³-hybridized carbons (Fsp3) is 0.778. The van der Waals surface area contributed by atoms with Gasteiger partial charge >= 0.3 is 0 Å². The Kier molecular flexibility index (Phi) is 3.08. The number of aryl methyl sites for hydroxylation is 1. The van der Waals surface area contributed by atoms with Crippen molar-refractivity contribution in [1.82, 2.24) is 19.7 Å². The number of thiol groups is 1. The smallest absolute Gasteiger partial charge is 0.149 e. The van der Waals surface area contributed by atoms with Crippen LogP contribution in [-0.2, 0) is 7.05 Å². The summed E-state index contributed by atoms with van der Waals surface area (Å²) in [5.41, 5.74) is 0. The van der Waals surface area contributed by atoms with Gasteiger partial charge in [-0.05, 0) is 19.4 Å². The van der Waals surface area contributed by atoms with Crippen molar-refractivity contribution in [1.29, 1.82) is 0 Å². The van der Waals surface area contributed by atoms with Crippen LogP contribution in [-0.4, -0.2) is 38.5 Å². The molecule has 0 aliphatic carbocycles. The van der Waals surface area contributed by atoms with E-state index in [0.717, 1.165) is 24.7 Å². The highest BCUT2D eigenvalue weighted by Crippen LogP contribution is 2.29. The van der Waals surface area contributed by atoms with Gasteiger partial charge in [-0.2, -0.15) is 12.6 Å². The Morgan fingerprint density at radius 2 is 2.50 bits per heavy atom. The van der Waals surface area contributed by atoms with Gasteiger partial charge in [-0.1, -0.05) is 0 Å². The molecule has 1 atom stereocenters. The third-order valence-corrected chi connectivity index (χ3v) is 3.00. The first-order chi connectivity index (χ1) is 6.83. The second-order valence-corrected chi connectivity index (χ2v) is 4.16. The highest BCUT2D eigenvalue weighted by atomic mass is 32.1. The first kappa shape index (κ1) is 9.98. The van der Waals surface area contributed by atoms with E-state index in [0.29, 0.717) is 6.04 Å². The lowest BCUT2D eigenvalue weighted by atomic mass is 10.2. The molecule has 1 aliphatic rings. The van der Waals surface area contributed by atoms with Crippen LogP contribution in [0.3, 0.4) is 0 Å². The fourth-order valence-electron chi connectivity index (χ4n) is 2.11. The maximum Gasteiger partial charge on any atom is 0.149 e. The number of likely N-dealkylation sites (tertiary alicyclic amines) is 1. The predicted octanol–water partition coefficient (Wildman–Crippen LogP) is 0.882. The molecule has 0 bridgehead atoms. The van der Waals surface area contributed by atoms with Gasteiger partial charge in [-0.3, -0.25) is 4.90 Å². The Bertz CT molecular complexity index is 299. The van der Waals surface area contributed by atoms with Crippen LogP contribution in [0.1, 0.15) is 24.7 Å². The Labute approximate surface area is 89.7 Å². The molecule has 0 saturated carbocycles.